The van der Waals surface area contributed by atoms with Crippen LogP contribution in [-0.2, 0) is 0 Å². The average molecular weight is 843 g/mol. The Hall–Kier alpha value is -3.92. The lowest BCUT2D eigenvalue weighted by molar-refractivity contribution is -0.254. The molecule has 0 N–H and O–H groups in total. The van der Waals surface area contributed by atoms with Crippen LogP contribution < -0.4 is 0 Å². The highest BCUT2D eigenvalue weighted by atomic mass is 32.1. The number of rotatable bonds is 9. The molecular weight excluding hydrogens is 819 g/mol. The van der Waals surface area contributed by atoms with E-state index in [2.05, 4.69) is 0 Å². The second kappa shape index (κ2) is 13.4. The van der Waals surface area contributed by atoms with Crippen molar-refractivity contribution in [1.29, 1.82) is 0 Å². The number of aldehydes is 2. The number of alkyl halides is 6. The van der Waals surface area contributed by atoms with Gasteiger partial charge in [-0.25, -0.2) is 0 Å². The highest BCUT2D eigenvalue weighted by Crippen LogP contribution is 2.68. The molecular formula is C40H24F6O2S6. The molecule has 0 atom stereocenters. The molecule has 0 spiro atoms. The van der Waals surface area contributed by atoms with Crippen molar-refractivity contribution in [2.24, 2.45) is 0 Å². The summed E-state index contributed by atoms with van der Waals surface area (Å²) >= 11 is 7.23. The molecule has 54 heavy (non-hydrogen) atoms. The van der Waals surface area contributed by atoms with E-state index in [0.717, 1.165) is 49.9 Å². The van der Waals surface area contributed by atoms with E-state index in [1.54, 1.807) is 72.8 Å². The Kier molecular flexibility index (Phi) is 9.18. The van der Waals surface area contributed by atoms with Gasteiger partial charge in [-0.3, -0.25) is 9.59 Å². The topological polar surface area (TPSA) is 34.1 Å². The van der Waals surface area contributed by atoms with Gasteiger partial charge in [0.25, 0.3) is 0 Å². The quantitative estimate of drug-likeness (QED) is 0.107. The fourth-order valence-electron chi connectivity index (χ4n) is 6.78. The minimum absolute atomic E-state index is 0.162. The van der Waals surface area contributed by atoms with Crippen LogP contribution in [0.1, 0.15) is 46.5 Å². The zero-order valence-electron chi connectivity index (χ0n) is 28.2. The maximum absolute atomic E-state index is 16.6. The Morgan fingerprint density at radius 2 is 0.907 bits per heavy atom. The Morgan fingerprint density at radius 1 is 0.463 bits per heavy atom. The van der Waals surface area contributed by atoms with Crippen molar-refractivity contribution in [1.82, 2.24) is 0 Å². The molecule has 6 aromatic heterocycles. The SMILES string of the molecule is Cc1sc(-c2ccccc2)c(C)c1C1=C(c2c(-c3ccc(-c4ccc(C=O)s4)s3)sc(-c3ccc(-c4ccc(C=O)s4)s3)c2C)C(F)(F)C(F)(F)C1(F)F. The van der Waals surface area contributed by atoms with Crippen molar-refractivity contribution < 1.29 is 35.9 Å². The van der Waals surface area contributed by atoms with Crippen molar-refractivity contribution >= 4 is 91.7 Å². The third-order valence-electron chi connectivity index (χ3n) is 9.30. The van der Waals surface area contributed by atoms with Crippen molar-refractivity contribution in [2.45, 2.75) is 38.5 Å². The summed E-state index contributed by atoms with van der Waals surface area (Å²) in [5.41, 5.74) is -2.35. The Morgan fingerprint density at radius 3 is 1.43 bits per heavy atom. The number of hydrogen-bond acceptors (Lipinski definition) is 8. The van der Waals surface area contributed by atoms with Gasteiger partial charge in [-0.15, -0.1) is 68.0 Å². The number of carbonyl (C=O) groups is 2. The molecule has 6 heterocycles. The fourth-order valence-corrected chi connectivity index (χ4v) is 13.4. The molecule has 0 bridgehead atoms. The largest absolute Gasteiger partial charge is 0.380 e. The van der Waals surface area contributed by atoms with Crippen LogP contribution in [-0.4, -0.2) is 30.3 Å². The molecule has 0 aliphatic heterocycles. The Labute approximate surface area is 329 Å². The molecule has 0 fully saturated rings. The van der Waals surface area contributed by atoms with Crippen LogP contribution in [0.4, 0.5) is 26.3 Å². The molecule has 0 saturated heterocycles. The van der Waals surface area contributed by atoms with Crippen LogP contribution in [0.25, 0.3) is 60.6 Å². The van der Waals surface area contributed by atoms with E-state index in [-0.39, 0.29) is 32.0 Å². The zero-order valence-corrected chi connectivity index (χ0v) is 33.1. The third-order valence-corrected chi connectivity index (χ3v) is 16.8. The van der Waals surface area contributed by atoms with Gasteiger partial charge in [-0.1, -0.05) is 30.3 Å². The maximum Gasteiger partial charge on any atom is 0.380 e. The second-order valence-electron chi connectivity index (χ2n) is 12.6. The van der Waals surface area contributed by atoms with E-state index in [0.29, 0.717) is 39.7 Å². The molecule has 0 radical (unpaired) electrons. The highest BCUT2D eigenvalue weighted by molar-refractivity contribution is 7.30. The predicted molar refractivity (Wildman–Crippen MR) is 214 cm³/mol. The first-order valence-electron chi connectivity index (χ1n) is 16.2. The molecule has 274 valence electrons. The lowest BCUT2D eigenvalue weighted by Gasteiger charge is -2.26. The number of thiophene rings is 6. The summed E-state index contributed by atoms with van der Waals surface area (Å²) in [6.45, 7) is 4.52. The van der Waals surface area contributed by atoms with Gasteiger partial charge in [-0.2, -0.15) is 26.3 Å². The lowest BCUT2D eigenvalue weighted by atomic mass is 9.90. The molecule has 2 nitrogen and oxygen atoms in total. The van der Waals surface area contributed by atoms with E-state index in [1.807, 2.05) is 6.07 Å². The number of aryl methyl sites for hydroxylation is 1. The van der Waals surface area contributed by atoms with Crippen molar-refractivity contribution in [3.63, 3.8) is 0 Å². The van der Waals surface area contributed by atoms with Gasteiger partial charge < -0.3 is 0 Å². The number of halogens is 6. The summed E-state index contributed by atoms with van der Waals surface area (Å²) in [7, 11) is 0. The van der Waals surface area contributed by atoms with Crippen LogP contribution in [0.2, 0.25) is 0 Å². The van der Waals surface area contributed by atoms with E-state index in [1.165, 1.54) is 66.1 Å². The van der Waals surface area contributed by atoms with Crippen LogP contribution >= 0.6 is 68.0 Å². The van der Waals surface area contributed by atoms with Gasteiger partial charge in [0.2, 0.25) is 0 Å². The number of carbonyl (C=O) groups excluding carboxylic acids is 2. The first-order chi connectivity index (χ1) is 25.7. The minimum Gasteiger partial charge on any atom is -0.297 e. The third kappa shape index (κ3) is 5.59. The first kappa shape index (κ1) is 37.0. The summed E-state index contributed by atoms with van der Waals surface area (Å²) in [6.07, 6.45) is 1.46. The average Bonchev–Trinajstić information content (AvgIpc) is 4.01. The molecule has 1 aliphatic rings. The summed E-state index contributed by atoms with van der Waals surface area (Å²) < 4.78 is 97.8. The van der Waals surface area contributed by atoms with Crippen molar-refractivity contribution in [3.8, 4) is 49.5 Å². The van der Waals surface area contributed by atoms with Crippen LogP contribution in [0, 0.1) is 20.8 Å². The molecule has 7 aromatic rings. The van der Waals surface area contributed by atoms with Crippen LogP contribution in [0.3, 0.4) is 0 Å². The van der Waals surface area contributed by atoms with E-state index < -0.39 is 28.9 Å². The molecule has 8 rings (SSSR count). The minimum atomic E-state index is -5.74. The molecule has 0 unspecified atom stereocenters. The van der Waals surface area contributed by atoms with Gasteiger partial charge >= 0.3 is 17.8 Å². The summed E-state index contributed by atoms with van der Waals surface area (Å²) in [4.78, 5) is 29.2. The maximum atomic E-state index is 16.6. The highest BCUT2D eigenvalue weighted by Gasteiger charge is 2.80. The van der Waals surface area contributed by atoms with Gasteiger partial charge in [0, 0.05) is 66.2 Å². The van der Waals surface area contributed by atoms with Gasteiger partial charge in [0.05, 0.1) is 14.6 Å². The van der Waals surface area contributed by atoms with Crippen molar-refractivity contribution in [2.75, 3.05) is 0 Å². The molecule has 14 heteroatoms. The summed E-state index contributed by atoms with van der Waals surface area (Å²) in [5, 5.41) is 0. The fraction of sp³-hybridized carbons (Fsp3) is 0.150. The summed E-state index contributed by atoms with van der Waals surface area (Å²) in [6, 6.07) is 22.7. The van der Waals surface area contributed by atoms with Gasteiger partial charge in [-0.05, 0) is 86.0 Å². The van der Waals surface area contributed by atoms with Gasteiger partial charge in [0.15, 0.2) is 12.6 Å². The van der Waals surface area contributed by atoms with E-state index >= 15 is 26.3 Å². The first-order valence-corrected chi connectivity index (χ1v) is 21.1. The number of hydrogen-bond donors (Lipinski definition) is 0. The second-order valence-corrected chi connectivity index (χ2v) is 19.2. The van der Waals surface area contributed by atoms with Gasteiger partial charge in [0.1, 0.15) is 0 Å². The summed E-state index contributed by atoms with van der Waals surface area (Å²) in [5.74, 6) is -16.2. The Balaban J connectivity index is 1.41. The standard InChI is InChI=1S/C40H24F6O2S6/c1-19-31(21(3)49-35(19)22-7-5-4-6-8-22)33-34(39(43,44)40(45,46)38(33,41)42)32-20(2)36(29-15-13-27(52-29)25-11-9-23(17-47)50-25)54-37(32)30-16-14-28(53-30)26-12-10-24(18-48)51-26/h4-18H,1-3H3. The zero-order chi connectivity index (χ0) is 38.3. The van der Waals surface area contributed by atoms with Crippen molar-refractivity contribution in [3.05, 3.63) is 116 Å². The Bertz CT molecular complexity index is 2630. The lowest BCUT2D eigenvalue weighted by Crippen LogP contribution is -2.49. The monoisotopic (exact) mass is 842 g/mol. The molecule has 1 aromatic carbocycles. The molecule has 0 amide bonds. The normalized spacial score (nSPS) is 16.0. The number of allylic oxidation sites excluding steroid dienone is 2. The number of benzene rings is 1. The predicted octanol–water partition coefficient (Wildman–Crippen LogP) is 14.8. The smallest absolute Gasteiger partial charge is 0.297 e. The van der Waals surface area contributed by atoms with Crippen LogP contribution in [0.15, 0.2) is 78.9 Å². The van der Waals surface area contributed by atoms with E-state index in [4.69, 9.17) is 0 Å². The molecule has 0 saturated carbocycles. The van der Waals surface area contributed by atoms with E-state index in [9.17, 15) is 9.59 Å². The molecule has 1 aliphatic carbocycles. The van der Waals surface area contributed by atoms with Crippen LogP contribution in [0.5, 0.6) is 0 Å².